The fraction of sp³-hybridized carbons (Fsp3) is 0.115. The van der Waals surface area contributed by atoms with Gasteiger partial charge in [-0.05, 0) is 75.1 Å². The normalized spacial score (nSPS) is 10.9. The SMILES string of the molecule is COc1ccc(/C=N/NC(=O)c2nn(Cc3ccc(Br)cc3)cc2Br)cc1OCc1ccc([N+](=O)[O-])cc1. The molecule has 4 rings (SSSR count). The molecule has 0 saturated carbocycles. The predicted molar refractivity (Wildman–Crippen MR) is 149 cm³/mol. The van der Waals surface area contributed by atoms with Crippen LogP contribution in [0.25, 0.3) is 0 Å². The van der Waals surface area contributed by atoms with E-state index in [1.165, 1.54) is 25.5 Å². The lowest BCUT2D eigenvalue weighted by atomic mass is 10.2. The van der Waals surface area contributed by atoms with Gasteiger partial charge in [-0.15, -0.1) is 0 Å². The van der Waals surface area contributed by atoms with E-state index < -0.39 is 10.8 Å². The van der Waals surface area contributed by atoms with Gasteiger partial charge in [-0.1, -0.05) is 28.1 Å². The van der Waals surface area contributed by atoms with Crippen LogP contribution in [0.15, 0.2) is 87.0 Å². The van der Waals surface area contributed by atoms with E-state index in [9.17, 15) is 14.9 Å². The molecule has 0 aliphatic heterocycles. The standard InChI is InChI=1S/C26H21Br2N5O5/c1-37-23-11-6-19(12-24(23)38-16-18-4-9-21(10-5-18)33(35)36)13-29-30-26(34)25-22(28)15-32(31-25)14-17-2-7-20(27)8-3-17/h2-13,15H,14,16H2,1H3,(H,30,34)/b29-13+. The lowest BCUT2D eigenvalue weighted by molar-refractivity contribution is -0.384. The fourth-order valence-corrected chi connectivity index (χ4v) is 4.15. The highest BCUT2D eigenvalue weighted by molar-refractivity contribution is 9.10. The molecule has 1 aromatic heterocycles. The zero-order valence-electron chi connectivity index (χ0n) is 20.0. The third kappa shape index (κ3) is 7.05. The number of hydrogen-bond donors (Lipinski definition) is 1. The number of hydrazone groups is 1. The summed E-state index contributed by atoms with van der Waals surface area (Å²) in [6, 6.07) is 19.1. The number of nitrogens with zero attached hydrogens (tertiary/aromatic N) is 4. The van der Waals surface area contributed by atoms with Gasteiger partial charge in [0.05, 0.1) is 29.3 Å². The second-order valence-electron chi connectivity index (χ2n) is 7.97. The molecule has 1 N–H and O–H groups in total. The number of carbonyl (C=O) groups excluding carboxylic acids is 1. The van der Waals surface area contributed by atoms with Crippen molar-refractivity contribution in [1.29, 1.82) is 0 Å². The number of rotatable bonds is 10. The number of non-ortho nitro benzene ring substituents is 1. The van der Waals surface area contributed by atoms with Crippen molar-refractivity contribution >= 4 is 49.7 Å². The number of nitro benzene ring substituents is 1. The van der Waals surface area contributed by atoms with Crippen LogP contribution in [0.3, 0.4) is 0 Å². The molecule has 194 valence electrons. The first-order valence-electron chi connectivity index (χ1n) is 11.2. The Labute approximate surface area is 234 Å². The maximum absolute atomic E-state index is 12.6. The number of aromatic nitrogens is 2. The molecule has 0 bridgehead atoms. The number of hydrogen-bond acceptors (Lipinski definition) is 7. The van der Waals surface area contributed by atoms with Crippen LogP contribution in [0.5, 0.6) is 11.5 Å². The molecular weight excluding hydrogens is 622 g/mol. The maximum atomic E-state index is 12.6. The van der Waals surface area contributed by atoms with Gasteiger partial charge >= 0.3 is 0 Å². The number of amides is 1. The number of carbonyl (C=O) groups is 1. The van der Waals surface area contributed by atoms with Crippen LogP contribution in [-0.4, -0.2) is 33.9 Å². The van der Waals surface area contributed by atoms with E-state index in [1.807, 2.05) is 24.3 Å². The Morgan fingerprint density at radius 3 is 2.47 bits per heavy atom. The molecule has 0 saturated heterocycles. The van der Waals surface area contributed by atoms with Gasteiger partial charge in [-0.25, -0.2) is 5.43 Å². The third-order valence-electron chi connectivity index (χ3n) is 5.30. The molecule has 0 aliphatic rings. The van der Waals surface area contributed by atoms with Crippen LogP contribution in [-0.2, 0) is 13.2 Å². The summed E-state index contributed by atoms with van der Waals surface area (Å²) >= 11 is 6.80. The second-order valence-corrected chi connectivity index (χ2v) is 9.74. The fourth-order valence-electron chi connectivity index (χ4n) is 3.39. The van der Waals surface area contributed by atoms with Gasteiger partial charge in [0.2, 0.25) is 0 Å². The van der Waals surface area contributed by atoms with Crippen LogP contribution in [0.1, 0.15) is 27.2 Å². The number of benzene rings is 3. The quantitative estimate of drug-likeness (QED) is 0.134. The van der Waals surface area contributed by atoms with Crippen LogP contribution >= 0.6 is 31.9 Å². The first-order valence-corrected chi connectivity index (χ1v) is 12.8. The van der Waals surface area contributed by atoms with Crippen LogP contribution < -0.4 is 14.9 Å². The summed E-state index contributed by atoms with van der Waals surface area (Å²) in [4.78, 5) is 23.0. The van der Waals surface area contributed by atoms with Crippen molar-refractivity contribution in [3.05, 3.63) is 114 Å². The Hall–Kier alpha value is -4.03. The summed E-state index contributed by atoms with van der Waals surface area (Å²) < 4.78 is 14.4. The van der Waals surface area contributed by atoms with E-state index in [4.69, 9.17) is 9.47 Å². The van der Waals surface area contributed by atoms with Crippen molar-refractivity contribution < 1.29 is 19.2 Å². The zero-order chi connectivity index (χ0) is 27.1. The Morgan fingerprint density at radius 2 is 1.79 bits per heavy atom. The Balaban J connectivity index is 1.38. The number of nitro groups is 1. The Kier molecular flexibility index (Phi) is 8.87. The van der Waals surface area contributed by atoms with E-state index in [0.717, 1.165) is 15.6 Å². The molecule has 38 heavy (non-hydrogen) atoms. The van der Waals surface area contributed by atoms with Crippen molar-refractivity contribution in [3.63, 3.8) is 0 Å². The first kappa shape index (κ1) is 27.0. The summed E-state index contributed by atoms with van der Waals surface area (Å²) in [5.74, 6) is 0.495. The largest absolute Gasteiger partial charge is 0.493 e. The molecule has 0 fully saturated rings. The second kappa shape index (κ2) is 12.5. The molecule has 12 heteroatoms. The van der Waals surface area contributed by atoms with Gasteiger partial charge in [0.1, 0.15) is 6.61 Å². The zero-order valence-corrected chi connectivity index (χ0v) is 23.2. The average molecular weight is 643 g/mol. The number of halogens is 2. The van der Waals surface area contributed by atoms with Gasteiger partial charge in [-0.3, -0.25) is 19.6 Å². The Bertz CT molecular complexity index is 1470. The lowest BCUT2D eigenvalue weighted by Gasteiger charge is -2.11. The lowest BCUT2D eigenvalue weighted by Crippen LogP contribution is -2.19. The van der Waals surface area contributed by atoms with Crippen molar-refractivity contribution in [1.82, 2.24) is 15.2 Å². The van der Waals surface area contributed by atoms with E-state index in [1.54, 1.807) is 41.2 Å². The van der Waals surface area contributed by atoms with Crippen molar-refractivity contribution in [2.45, 2.75) is 13.2 Å². The highest BCUT2D eigenvalue weighted by atomic mass is 79.9. The van der Waals surface area contributed by atoms with Gasteiger partial charge in [0, 0.05) is 22.8 Å². The Morgan fingerprint density at radius 1 is 1.08 bits per heavy atom. The molecule has 1 amide bonds. The van der Waals surface area contributed by atoms with Gasteiger partial charge in [0.15, 0.2) is 17.2 Å². The first-order chi connectivity index (χ1) is 18.3. The molecule has 1 heterocycles. The predicted octanol–water partition coefficient (Wildman–Crippen LogP) is 5.72. The van der Waals surface area contributed by atoms with Crippen molar-refractivity contribution in [2.75, 3.05) is 7.11 Å². The van der Waals surface area contributed by atoms with Crippen LogP contribution in [0.4, 0.5) is 5.69 Å². The molecule has 0 atom stereocenters. The maximum Gasteiger partial charge on any atom is 0.293 e. The number of nitrogens with one attached hydrogen (secondary N) is 1. The molecule has 3 aromatic carbocycles. The van der Waals surface area contributed by atoms with Crippen LogP contribution in [0.2, 0.25) is 0 Å². The summed E-state index contributed by atoms with van der Waals surface area (Å²) in [6.07, 6.45) is 3.21. The van der Waals surface area contributed by atoms with E-state index in [0.29, 0.717) is 28.1 Å². The number of ether oxygens (including phenoxy) is 2. The third-order valence-corrected chi connectivity index (χ3v) is 6.41. The molecule has 0 spiro atoms. The molecule has 0 aliphatic carbocycles. The monoisotopic (exact) mass is 641 g/mol. The highest BCUT2D eigenvalue weighted by Crippen LogP contribution is 2.28. The topological polar surface area (TPSA) is 121 Å². The van der Waals surface area contributed by atoms with Gasteiger partial charge < -0.3 is 9.47 Å². The molecule has 0 unspecified atom stereocenters. The summed E-state index contributed by atoms with van der Waals surface area (Å²) in [5.41, 5.74) is 5.16. The average Bonchev–Trinajstić information content (AvgIpc) is 3.28. The van der Waals surface area contributed by atoms with Crippen molar-refractivity contribution in [3.8, 4) is 11.5 Å². The molecule has 10 nitrogen and oxygen atoms in total. The van der Waals surface area contributed by atoms with E-state index in [2.05, 4.69) is 47.5 Å². The molecule has 4 aromatic rings. The van der Waals surface area contributed by atoms with Gasteiger partial charge in [-0.2, -0.15) is 10.2 Å². The van der Waals surface area contributed by atoms with Crippen LogP contribution in [0, 0.1) is 10.1 Å². The molecule has 0 radical (unpaired) electrons. The molecular formula is C26H21Br2N5O5. The van der Waals surface area contributed by atoms with E-state index in [-0.39, 0.29) is 18.0 Å². The summed E-state index contributed by atoms with van der Waals surface area (Å²) in [6.45, 7) is 0.694. The minimum Gasteiger partial charge on any atom is -0.493 e. The summed E-state index contributed by atoms with van der Waals surface area (Å²) in [7, 11) is 1.52. The number of methoxy groups -OCH3 is 1. The van der Waals surface area contributed by atoms with E-state index >= 15 is 0 Å². The van der Waals surface area contributed by atoms with Gasteiger partial charge in [0.25, 0.3) is 11.6 Å². The highest BCUT2D eigenvalue weighted by Gasteiger charge is 2.15. The van der Waals surface area contributed by atoms with Crippen molar-refractivity contribution in [2.24, 2.45) is 5.10 Å². The summed E-state index contributed by atoms with van der Waals surface area (Å²) in [5, 5.41) is 19.2. The minimum absolute atomic E-state index is 0.00924. The smallest absolute Gasteiger partial charge is 0.293 e. The minimum atomic E-state index is -0.467.